The Bertz CT molecular complexity index is 783. The van der Waals surface area contributed by atoms with E-state index in [9.17, 15) is 4.79 Å². The summed E-state index contributed by atoms with van der Waals surface area (Å²) in [6.45, 7) is 5.36. The molecule has 0 bridgehead atoms. The van der Waals surface area contributed by atoms with Crippen molar-refractivity contribution in [2.45, 2.75) is 26.8 Å². The van der Waals surface area contributed by atoms with Gasteiger partial charge in [-0.3, -0.25) is 4.79 Å². The maximum absolute atomic E-state index is 12.9. The van der Waals surface area contributed by atoms with Gasteiger partial charge in [0, 0.05) is 18.7 Å². The van der Waals surface area contributed by atoms with Gasteiger partial charge in [0.05, 0.1) is 14.2 Å². The molecular weight excluding hydrogens is 302 g/mol. The molecule has 1 aliphatic rings. The van der Waals surface area contributed by atoms with Gasteiger partial charge < -0.3 is 14.4 Å². The van der Waals surface area contributed by atoms with Gasteiger partial charge in [-0.25, -0.2) is 0 Å². The Hall–Kier alpha value is -2.49. The second kappa shape index (κ2) is 6.56. The summed E-state index contributed by atoms with van der Waals surface area (Å²) in [4.78, 5) is 14.8. The Morgan fingerprint density at radius 2 is 1.71 bits per heavy atom. The lowest BCUT2D eigenvalue weighted by atomic mass is 9.97. The van der Waals surface area contributed by atoms with E-state index in [4.69, 9.17) is 9.47 Å². The molecule has 2 aromatic rings. The van der Waals surface area contributed by atoms with E-state index in [0.717, 1.165) is 34.4 Å². The standard InChI is InChI=1S/C20H23NO3/c1-13-6-5-7-17(14(13)2)20(22)21-9-8-15-10-18(23-3)19(24-4)11-16(15)12-21/h5-7,10-11H,8-9,12H2,1-4H3. The molecule has 3 rings (SSSR count). The fraction of sp³-hybridized carbons (Fsp3) is 0.350. The van der Waals surface area contributed by atoms with Crippen molar-refractivity contribution in [1.82, 2.24) is 4.90 Å². The van der Waals surface area contributed by atoms with Crippen LogP contribution in [0.5, 0.6) is 11.5 Å². The first-order valence-corrected chi connectivity index (χ1v) is 8.14. The van der Waals surface area contributed by atoms with Gasteiger partial charge in [0.2, 0.25) is 0 Å². The van der Waals surface area contributed by atoms with Crippen LogP contribution in [0.1, 0.15) is 32.6 Å². The molecule has 4 nitrogen and oxygen atoms in total. The van der Waals surface area contributed by atoms with Crippen LogP contribution in [0.4, 0.5) is 0 Å². The molecule has 0 atom stereocenters. The zero-order chi connectivity index (χ0) is 17.3. The average Bonchev–Trinajstić information content (AvgIpc) is 2.61. The summed E-state index contributed by atoms with van der Waals surface area (Å²) in [7, 11) is 3.27. The van der Waals surface area contributed by atoms with Crippen molar-refractivity contribution < 1.29 is 14.3 Å². The zero-order valence-electron chi connectivity index (χ0n) is 14.7. The van der Waals surface area contributed by atoms with Gasteiger partial charge in [-0.05, 0) is 60.7 Å². The number of nitrogens with zero attached hydrogens (tertiary/aromatic N) is 1. The lowest BCUT2D eigenvalue weighted by Gasteiger charge is -2.30. The third kappa shape index (κ3) is 2.84. The highest BCUT2D eigenvalue weighted by molar-refractivity contribution is 5.96. The van der Waals surface area contributed by atoms with Crippen molar-refractivity contribution in [3.05, 3.63) is 58.1 Å². The Kier molecular flexibility index (Phi) is 4.47. The predicted octanol–water partition coefficient (Wildman–Crippen LogP) is 3.52. The Labute approximate surface area is 143 Å². The van der Waals surface area contributed by atoms with Crippen molar-refractivity contribution in [2.24, 2.45) is 0 Å². The second-order valence-electron chi connectivity index (χ2n) is 6.20. The molecule has 0 saturated carbocycles. The van der Waals surface area contributed by atoms with Crippen LogP contribution in [-0.4, -0.2) is 31.6 Å². The molecule has 0 spiro atoms. The third-order valence-corrected chi connectivity index (χ3v) is 4.84. The SMILES string of the molecule is COc1cc2c(cc1OC)CN(C(=O)c1cccc(C)c1C)CC2. The molecule has 0 saturated heterocycles. The fourth-order valence-electron chi connectivity index (χ4n) is 3.21. The lowest BCUT2D eigenvalue weighted by molar-refractivity contribution is 0.0733. The van der Waals surface area contributed by atoms with Gasteiger partial charge in [0.15, 0.2) is 11.5 Å². The summed E-state index contributed by atoms with van der Waals surface area (Å²) < 4.78 is 10.8. The normalized spacial score (nSPS) is 13.4. The van der Waals surface area contributed by atoms with Crippen LogP contribution in [0, 0.1) is 13.8 Å². The van der Waals surface area contributed by atoms with Gasteiger partial charge in [-0.15, -0.1) is 0 Å². The van der Waals surface area contributed by atoms with E-state index in [1.54, 1.807) is 14.2 Å². The molecule has 1 amide bonds. The van der Waals surface area contributed by atoms with Gasteiger partial charge in [0.25, 0.3) is 5.91 Å². The van der Waals surface area contributed by atoms with E-state index in [2.05, 4.69) is 0 Å². The number of rotatable bonds is 3. The highest BCUT2D eigenvalue weighted by atomic mass is 16.5. The number of carbonyl (C=O) groups is 1. The van der Waals surface area contributed by atoms with E-state index < -0.39 is 0 Å². The zero-order valence-corrected chi connectivity index (χ0v) is 14.7. The molecule has 24 heavy (non-hydrogen) atoms. The summed E-state index contributed by atoms with van der Waals surface area (Å²) in [6, 6.07) is 9.90. The first-order valence-electron chi connectivity index (χ1n) is 8.14. The number of ether oxygens (including phenoxy) is 2. The summed E-state index contributed by atoms with van der Waals surface area (Å²) in [5.74, 6) is 1.54. The van der Waals surface area contributed by atoms with Crippen LogP contribution in [0.25, 0.3) is 0 Å². The first-order chi connectivity index (χ1) is 11.5. The van der Waals surface area contributed by atoms with Crippen molar-refractivity contribution >= 4 is 5.91 Å². The smallest absolute Gasteiger partial charge is 0.254 e. The number of hydrogen-bond acceptors (Lipinski definition) is 3. The first kappa shape index (κ1) is 16.4. The minimum atomic E-state index is 0.0941. The maximum Gasteiger partial charge on any atom is 0.254 e. The molecule has 1 aliphatic heterocycles. The van der Waals surface area contributed by atoms with Crippen molar-refractivity contribution in [3.8, 4) is 11.5 Å². The summed E-state index contributed by atoms with van der Waals surface area (Å²) in [6.07, 6.45) is 0.826. The quantitative estimate of drug-likeness (QED) is 0.867. The van der Waals surface area contributed by atoms with Gasteiger partial charge in [-0.2, -0.15) is 0 Å². The second-order valence-corrected chi connectivity index (χ2v) is 6.20. The van der Waals surface area contributed by atoms with Crippen LogP contribution in [0.2, 0.25) is 0 Å². The minimum Gasteiger partial charge on any atom is -0.493 e. The van der Waals surface area contributed by atoms with E-state index in [1.807, 2.05) is 49.1 Å². The number of carbonyl (C=O) groups excluding carboxylic acids is 1. The topological polar surface area (TPSA) is 38.8 Å². The minimum absolute atomic E-state index is 0.0941. The summed E-state index contributed by atoms with van der Waals surface area (Å²) in [5.41, 5.74) is 5.33. The lowest BCUT2D eigenvalue weighted by Crippen LogP contribution is -2.36. The van der Waals surface area contributed by atoms with Crippen molar-refractivity contribution in [2.75, 3.05) is 20.8 Å². The summed E-state index contributed by atoms with van der Waals surface area (Å²) in [5, 5.41) is 0. The van der Waals surface area contributed by atoms with Crippen LogP contribution in [0.15, 0.2) is 30.3 Å². The maximum atomic E-state index is 12.9. The fourth-order valence-corrected chi connectivity index (χ4v) is 3.21. The Morgan fingerprint density at radius 1 is 1.04 bits per heavy atom. The highest BCUT2D eigenvalue weighted by Crippen LogP contribution is 2.33. The molecule has 0 radical (unpaired) electrons. The molecule has 126 valence electrons. The van der Waals surface area contributed by atoms with Crippen LogP contribution in [0.3, 0.4) is 0 Å². The van der Waals surface area contributed by atoms with Crippen molar-refractivity contribution in [3.63, 3.8) is 0 Å². The molecule has 0 fully saturated rings. The number of hydrogen-bond donors (Lipinski definition) is 0. The van der Waals surface area contributed by atoms with E-state index >= 15 is 0 Å². The van der Waals surface area contributed by atoms with E-state index in [0.29, 0.717) is 18.8 Å². The Morgan fingerprint density at radius 3 is 2.38 bits per heavy atom. The number of amides is 1. The average molecular weight is 325 g/mol. The molecule has 0 aliphatic carbocycles. The number of aryl methyl sites for hydroxylation is 1. The monoisotopic (exact) mass is 325 g/mol. The molecule has 4 heteroatoms. The molecular formula is C20H23NO3. The number of benzene rings is 2. The molecule has 0 N–H and O–H groups in total. The number of methoxy groups -OCH3 is 2. The van der Waals surface area contributed by atoms with E-state index in [-0.39, 0.29) is 5.91 Å². The van der Waals surface area contributed by atoms with Gasteiger partial charge >= 0.3 is 0 Å². The highest BCUT2D eigenvalue weighted by Gasteiger charge is 2.24. The van der Waals surface area contributed by atoms with Crippen LogP contribution < -0.4 is 9.47 Å². The largest absolute Gasteiger partial charge is 0.493 e. The molecule has 0 aromatic heterocycles. The van der Waals surface area contributed by atoms with Crippen molar-refractivity contribution in [1.29, 1.82) is 0 Å². The van der Waals surface area contributed by atoms with Gasteiger partial charge in [0.1, 0.15) is 0 Å². The molecule has 1 heterocycles. The predicted molar refractivity (Wildman–Crippen MR) is 93.9 cm³/mol. The van der Waals surface area contributed by atoms with E-state index in [1.165, 1.54) is 5.56 Å². The molecule has 2 aromatic carbocycles. The Balaban J connectivity index is 1.89. The van der Waals surface area contributed by atoms with Crippen LogP contribution in [-0.2, 0) is 13.0 Å². The molecule has 0 unspecified atom stereocenters. The van der Waals surface area contributed by atoms with Crippen LogP contribution >= 0.6 is 0 Å². The number of fused-ring (bicyclic) bond motifs is 1. The third-order valence-electron chi connectivity index (χ3n) is 4.84. The summed E-state index contributed by atoms with van der Waals surface area (Å²) >= 11 is 0. The van der Waals surface area contributed by atoms with Gasteiger partial charge in [-0.1, -0.05) is 12.1 Å².